The van der Waals surface area contributed by atoms with Crippen LogP contribution in [0.4, 0.5) is 4.79 Å². The third-order valence-corrected chi connectivity index (χ3v) is 2.43. The van der Waals surface area contributed by atoms with E-state index in [4.69, 9.17) is 5.11 Å². The van der Waals surface area contributed by atoms with E-state index in [9.17, 15) is 9.59 Å². The van der Waals surface area contributed by atoms with Crippen LogP contribution in [0.1, 0.15) is 33.6 Å². The van der Waals surface area contributed by atoms with Crippen molar-refractivity contribution in [3.8, 4) is 0 Å². The Morgan fingerprint density at radius 1 is 1.47 bits per heavy atom. The molecule has 5 heteroatoms. The number of carboxylic acid groups (broad SMARTS) is 1. The zero-order valence-corrected chi connectivity index (χ0v) is 10.8. The molecule has 0 aliphatic heterocycles. The van der Waals surface area contributed by atoms with Crippen molar-refractivity contribution >= 4 is 12.0 Å². The van der Waals surface area contributed by atoms with Gasteiger partial charge in [0.25, 0.3) is 0 Å². The van der Waals surface area contributed by atoms with Crippen LogP contribution in [-0.2, 0) is 4.79 Å². The molecule has 0 aromatic carbocycles. The summed E-state index contributed by atoms with van der Waals surface area (Å²) in [5, 5.41) is 11.5. The maximum Gasteiger partial charge on any atom is 0.317 e. The maximum absolute atomic E-state index is 11.8. The minimum Gasteiger partial charge on any atom is -0.481 e. The Bertz CT molecular complexity index is 277. The predicted molar refractivity (Wildman–Crippen MR) is 66.9 cm³/mol. The first-order valence-electron chi connectivity index (χ1n) is 5.90. The summed E-state index contributed by atoms with van der Waals surface area (Å²) in [5.41, 5.74) is 0. The quantitative estimate of drug-likeness (QED) is 0.528. The average Bonchev–Trinajstić information content (AvgIpc) is 2.24. The number of urea groups is 1. The normalized spacial score (nSPS) is 12.4. The van der Waals surface area contributed by atoms with E-state index in [1.807, 2.05) is 26.0 Å². The van der Waals surface area contributed by atoms with E-state index in [2.05, 4.69) is 5.32 Å². The average molecular weight is 242 g/mol. The molecule has 0 aliphatic carbocycles. The standard InChI is InChI=1S/C12H22N2O3/c1-4-6-7-8-13-12(17)14(5-2)10(3)9-11(15)16/h4,6,10H,5,7-9H2,1-3H3,(H,13,17)(H,15,16)/b6-4+. The lowest BCUT2D eigenvalue weighted by Crippen LogP contribution is -2.45. The molecule has 0 bridgehead atoms. The minimum absolute atomic E-state index is 0.0316. The number of carbonyl (C=O) groups is 2. The largest absolute Gasteiger partial charge is 0.481 e. The first-order valence-corrected chi connectivity index (χ1v) is 5.90. The lowest BCUT2D eigenvalue weighted by molar-refractivity contribution is -0.138. The van der Waals surface area contributed by atoms with Crippen LogP contribution in [-0.4, -0.2) is 41.1 Å². The Morgan fingerprint density at radius 3 is 2.59 bits per heavy atom. The fraction of sp³-hybridized carbons (Fsp3) is 0.667. The Hall–Kier alpha value is -1.52. The van der Waals surface area contributed by atoms with Gasteiger partial charge in [-0.15, -0.1) is 0 Å². The van der Waals surface area contributed by atoms with E-state index in [-0.39, 0.29) is 18.5 Å². The highest BCUT2D eigenvalue weighted by Crippen LogP contribution is 2.04. The number of carbonyl (C=O) groups excluding carboxylic acids is 1. The van der Waals surface area contributed by atoms with Crippen molar-refractivity contribution in [3.63, 3.8) is 0 Å². The van der Waals surface area contributed by atoms with Gasteiger partial charge in [-0.2, -0.15) is 0 Å². The van der Waals surface area contributed by atoms with Crippen LogP contribution in [0.3, 0.4) is 0 Å². The molecule has 0 rings (SSSR count). The van der Waals surface area contributed by atoms with Crippen molar-refractivity contribution in [2.75, 3.05) is 13.1 Å². The van der Waals surface area contributed by atoms with Crippen molar-refractivity contribution in [1.82, 2.24) is 10.2 Å². The van der Waals surface area contributed by atoms with E-state index >= 15 is 0 Å². The van der Waals surface area contributed by atoms with Gasteiger partial charge in [-0.1, -0.05) is 12.2 Å². The van der Waals surface area contributed by atoms with E-state index < -0.39 is 5.97 Å². The van der Waals surface area contributed by atoms with Gasteiger partial charge in [-0.05, 0) is 27.2 Å². The topological polar surface area (TPSA) is 69.6 Å². The minimum atomic E-state index is -0.891. The van der Waals surface area contributed by atoms with Gasteiger partial charge in [0.15, 0.2) is 0 Å². The summed E-state index contributed by atoms with van der Waals surface area (Å²) in [4.78, 5) is 23.9. The summed E-state index contributed by atoms with van der Waals surface area (Å²) in [5.74, 6) is -0.891. The number of hydrogen-bond acceptors (Lipinski definition) is 2. The molecule has 0 radical (unpaired) electrons. The lowest BCUT2D eigenvalue weighted by Gasteiger charge is -2.27. The molecule has 0 aromatic rings. The number of aliphatic carboxylic acids is 1. The lowest BCUT2D eigenvalue weighted by atomic mass is 10.2. The first kappa shape index (κ1) is 15.5. The smallest absolute Gasteiger partial charge is 0.317 e. The number of amides is 2. The Morgan fingerprint density at radius 2 is 2.12 bits per heavy atom. The van der Waals surface area contributed by atoms with Gasteiger partial charge in [0, 0.05) is 19.1 Å². The molecule has 98 valence electrons. The Balaban J connectivity index is 4.15. The summed E-state index contributed by atoms with van der Waals surface area (Å²) in [6.07, 6.45) is 4.65. The number of carboxylic acids is 1. The number of rotatable bonds is 7. The monoisotopic (exact) mass is 242 g/mol. The molecule has 1 unspecified atom stereocenters. The van der Waals surface area contributed by atoms with Crippen molar-refractivity contribution in [3.05, 3.63) is 12.2 Å². The van der Waals surface area contributed by atoms with Crippen LogP contribution in [0.2, 0.25) is 0 Å². The van der Waals surface area contributed by atoms with Gasteiger partial charge >= 0.3 is 12.0 Å². The molecule has 0 aromatic heterocycles. The summed E-state index contributed by atoms with van der Waals surface area (Å²) >= 11 is 0. The number of nitrogens with zero attached hydrogens (tertiary/aromatic N) is 1. The Labute approximate surface area is 102 Å². The van der Waals surface area contributed by atoms with Crippen LogP contribution in [0.5, 0.6) is 0 Å². The highest BCUT2D eigenvalue weighted by atomic mass is 16.4. The summed E-state index contributed by atoms with van der Waals surface area (Å²) in [7, 11) is 0. The molecule has 2 N–H and O–H groups in total. The third kappa shape index (κ3) is 6.60. The van der Waals surface area contributed by atoms with E-state index in [1.54, 1.807) is 6.92 Å². The van der Waals surface area contributed by atoms with Crippen LogP contribution in [0.15, 0.2) is 12.2 Å². The van der Waals surface area contributed by atoms with Crippen molar-refractivity contribution in [1.29, 1.82) is 0 Å². The molecule has 5 nitrogen and oxygen atoms in total. The first-order chi connectivity index (χ1) is 8.02. The fourth-order valence-electron chi connectivity index (χ4n) is 1.55. The molecule has 0 heterocycles. The van der Waals surface area contributed by atoms with Crippen molar-refractivity contribution in [2.45, 2.75) is 39.7 Å². The molecule has 0 saturated carbocycles. The second-order valence-corrected chi connectivity index (χ2v) is 3.82. The van der Waals surface area contributed by atoms with Crippen LogP contribution in [0, 0.1) is 0 Å². The second kappa shape index (κ2) is 8.61. The van der Waals surface area contributed by atoms with E-state index in [0.29, 0.717) is 13.1 Å². The van der Waals surface area contributed by atoms with Gasteiger partial charge in [-0.25, -0.2) is 4.79 Å². The molecular weight excluding hydrogens is 220 g/mol. The predicted octanol–water partition coefficient (Wildman–Crippen LogP) is 1.85. The highest BCUT2D eigenvalue weighted by molar-refractivity contribution is 5.75. The zero-order chi connectivity index (χ0) is 13.3. The summed E-state index contributed by atoms with van der Waals surface area (Å²) in [6, 6.07) is -0.495. The molecule has 17 heavy (non-hydrogen) atoms. The third-order valence-electron chi connectivity index (χ3n) is 2.43. The highest BCUT2D eigenvalue weighted by Gasteiger charge is 2.19. The van der Waals surface area contributed by atoms with Gasteiger partial charge < -0.3 is 15.3 Å². The van der Waals surface area contributed by atoms with Crippen molar-refractivity contribution in [2.24, 2.45) is 0 Å². The van der Waals surface area contributed by atoms with Crippen molar-refractivity contribution < 1.29 is 14.7 Å². The van der Waals surface area contributed by atoms with E-state index in [1.165, 1.54) is 4.90 Å². The molecule has 0 fully saturated rings. The molecule has 0 spiro atoms. The maximum atomic E-state index is 11.8. The molecule has 2 amide bonds. The van der Waals surface area contributed by atoms with Gasteiger partial charge in [0.1, 0.15) is 0 Å². The number of hydrogen-bond donors (Lipinski definition) is 2. The number of allylic oxidation sites excluding steroid dienone is 1. The number of nitrogens with one attached hydrogen (secondary N) is 1. The van der Waals surface area contributed by atoms with Gasteiger partial charge in [-0.3, -0.25) is 4.79 Å². The SMILES string of the molecule is C/C=C/CCNC(=O)N(CC)C(C)CC(=O)O. The summed E-state index contributed by atoms with van der Waals surface area (Å²) < 4.78 is 0. The zero-order valence-electron chi connectivity index (χ0n) is 10.8. The van der Waals surface area contributed by atoms with Crippen LogP contribution in [0.25, 0.3) is 0 Å². The van der Waals surface area contributed by atoms with Crippen LogP contribution < -0.4 is 5.32 Å². The molecule has 0 saturated heterocycles. The molecular formula is C12H22N2O3. The van der Waals surface area contributed by atoms with Gasteiger partial charge in [0.05, 0.1) is 6.42 Å². The molecule has 1 atom stereocenters. The summed E-state index contributed by atoms with van der Waals surface area (Å²) in [6.45, 7) is 6.57. The van der Waals surface area contributed by atoms with Gasteiger partial charge in [0.2, 0.25) is 0 Å². The Kier molecular flexibility index (Phi) is 7.84. The van der Waals surface area contributed by atoms with Crippen LogP contribution >= 0.6 is 0 Å². The molecule has 0 aliphatic rings. The fourth-order valence-corrected chi connectivity index (χ4v) is 1.55. The second-order valence-electron chi connectivity index (χ2n) is 3.82. The van der Waals surface area contributed by atoms with E-state index in [0.717, 1.165) is 6.42 Å².